The topological polar surface area (TPSA) is 113 Å². The molecule has 2 aromatic heterocycles. The molecule has 0 spiro atoms. The minimum Gasteiger partial charge on any atom is -0.476 e. The van der Waals surface area contributed by atoms with Crippen molar-refractivity contribution >= 4 is 23.2 Å². The van der Waals surface area contributed by atoms with E-state index in [1.165, 1.54) is 13.2 Å². The zero-order valence-electron chi connectivity index (χ0n) is 17.7. The summed E-state index contributed by atoms with van der Waals surface area (Å²) in [5, 5.41) is 5.33. The summed E-state index contributed by atoms with van der Waals surface area (Å²) in [6.45, 7) is 3.18. The minimum atomic E-state index is -0.705. The lowest BCUT2D eigenvalue weighted by molar-refractivity contribution is -0.124. The van der Waals surface area contributed by atoms with Crippen molar-refractivity contribution in [2.24, 2.45) is 5.92 Å². The molecule has 0 unspecified atom stereocenters. The Balaban J connectivity index is 1.19. The van der Waals surface area contributed by atoms with Crippen molar-refractivity contribution in [3.05, 3.63) is 35.9 Å². The monoisotopic (exact) mass is 441 g/mol. The predicted molar refractivity (Wildman–Crippen MR) is 113 cm³/mol. The van der Waals surface area contributed by atoms with Crippen LogP contribution < -0.4 is 20.3 Å². The zero-order valence-corrected chi connectivity index (χ0v) is 17.7. The lowest BCUT2D eigenvalue weighted by Crippen LogP contribution is -2.46. The van der Waals surface area contributed by atoms with E-state index < -0.39 is 18.0 Å². The largest absolute Gasteiger partial charge is 0.476 e. The molecular formula is C21H24FN7O3. The van der Waals surface area contributed by atoms with Crippen LogP contribution in [-0.2, 0) is 11.3 Å². The number of halogens is 1. The number of rotatable bonds is 5. The zero-order chi connectivity index (χ0) is 22.2. The molecule has 1 saturated carbocycles. The average Bonchev–Trinajstić information content (AvgIpc) is 3.64. The molecule has 3 aliphatic rings. The highest BCUT2D eigenvalue weighted by atomic mass is 19.1. The highest BCUT2D eigenvalue weighted by Crippen LogP contribution is 2.39. The van der Waals surface area contributed by atoms with Gasteiger partial charge in [0.05, 0.1) is 23.8 Å². The van der Waals surface area contributed by atoms with Crippen LogP contribution in [0.5, 0.6) is 5.75 Å². The number of nitrogens with zero attached hydrogens (tertiary/aromatic N) is 5. The first-order valence-corrected chi connectivity index (χ1v) is 10.7. The van der Waals surface area contributed by atoms with Crippen LogP contribution >= 0.6 is 0 Å². The lowest BCUT2D eigenvalue weighted by Gasteiger charge is -2.35. The fraction of sp³-hybridized carbons (Fsp3) is 0.476. The summed E-state index contributed by atoms with van der Waals surface area (Å²) in [7, 11) is 1.44. The van der Waals surface area contributed by atoms with E-state index >= 15 is 0 Å². The summed E-state index contributed by atoms with van der Waals surface area (Å²) in [5.41, 5.74) is 1.77. The molecule has 1 aliphatic carbocycles. The van der Waals surface area contributed by atoms with Crippen molar-refractivity contribution in [3.63, 3.8) is 0 Å². The first-order valence-electron chi connectivity index (χ1n) is 10.7. The number of anilines is 2. The highest BCUT2D eigenvalue weighted by Gasteiger charge is 2.41. The molecule has 1 atom stereocenters. The second-order valence-electron chi connectivity index (χ2n) is 8.25. The number of carbonyl (C=O) groups is 2. The van der Waals surface area contributed by atoms with Gasteiger partial charge in [-0.2, -0.15) is 9.37 Å². The van der Waals surface area contributed by atoms with E-state index in [0.717, 1.165) is 18.5 Å². The molecule has 0 aromatic carbocycles. The van der Waals surface area contributed by atoms with Crippen molar-refractivity contribution in [1.82, 2.24) is 25.2 Å². The van der Waals surface area contributed by atoms with Gasteiger partial charge in [-0.3, -0.25) is 19.5 Å². The Morgan fingerprint density at radius 2 is 2.03 bits per heavy atom. The fourth-order valence-corrected chi connectivity index (χ4v) is 4.03. The summed E-state index contributed by atoms with van der Waals surface area (Å²) in [4.78, 5) is 40.1. The summed E-state index contributed by atoms with van der Waals surface area (Å²) < 4.78 is 20.3. The second-order valence-corrected chi connectivity index (χ2v) is 8.25. The molecule has 10 nitrogen and oxygen atoms in total. The predicted octanol–water partition coefficient (Wildman–Crippen LogP) is 0.802. The lowest BCUT2D eigenvalue weighted by atomic mass is 10.1. The van der Waals surface area contributed by atoms with Gasteiger partial charge in [-0.1, -0.05) is 0 Å². The molecule has 0 bridgehead atoms. The standard InChI is InChI=1S/C21H24FN7O3/c1-23-21(31)19-25-9-15(18(22)27-19)29-6-4-28(5-7-29)11-13-8-14-16(10-24-13)32-17(12-2-3-12)20(30)26-14/h8-10,12,17H,2-7,11H2,1H3,(H,23,31)(H,26,30)/t17-/m1/s1. The summed E-state index contributed by atoms with van der Waals surface area (Å²) in [6.07, 6.45) is 4.68. The number of carbonyl (C=O) groups excluding carboxylic acids is 2. The van der Waals surface area contributed by atoms with Crippen LogP contribution in [0.2, 0.25) is 0 Å². The Bertz CT molecular complexity index is 1050. The minimum absolute atomic E-state index is 0.0857. The van der Waals surface area contributed by atoms with Crippen molar-refractivity contribution < 1.29 is 18.7 Å². The summed E-state index contributed by atoms with van der Waals surface area (Å²) in [6, 6.07) is 1.85. The fourth-order valence-electron chi connectivity index (χ4n) is 4.03. The van der Waals surface area contributed by atoms with Crippen LogP contribution in [0.3, 0.4) is 0 Å². The van der Waals surface area contributed by atoms with E-state index in [-0.39, 0.29) is 17.4 Å². The van der Waals surface area contributed by atoms with Crippen LogP contribution in [0.15, 0.2) is 18.5 Å². The molecule has 2 amide bonds. The van der Waals surface area contributed by atoms with Gasteiger partial charge in [-0.15, -0.1) is 0 Å². The van der Waals surface area contributed by atoms with Gasteiger partial charge in [0.2, 0.25) is 11.8 Å². The van der Waals surface area contributed by atoms with Crippen LogP contribution in [0, 0.1) is 11.9 Å². The van der Waals surface area contributed by atoms with Crippen LogP contribution in [-0.4, -0.2) is 71.0 Å². The van der Waals surface area contributed by atoms with Crippen molar-refractivity contribution in [2.75, 3.05) is 43.4 Å². The third kappa shape index (κ3) is 4.07. The molecule has 1 saturated heterocycles. The Kier molecular flexibility index (Phi) is 5.33. The SMILES string of the molecule is CNC(=O)c1ncc(N2CCN(Cc3cc4c(cn3)O[C@H](C3CC3)C(=O)N4)CC2)c(F)n1. The van der Waals surface area contributed by atoms with Gasteiger partial charge in [0, 0.05) is 45.7 Å². The molecule has 2 aliphatic heterocycles. The number of fused-ring (bicyclic) bond motifs is 1. The third-order valence-corrected chi connectivity index (χ3v) is 6.00. The van der Waals surface area contributed by atoms with Gasteiger partial charge < -0.3 is 20.3 Å². The van der Waals surface area contributed by atoms with E-state index in [9.17, 15) is 14.0 Å². The average molecular weight is 441 g/mol. The number of aromatic nitrogens is 3. The van der Waals surface area contributed by atoms with Crippen molar-refractivity contribution in [1.29, 1.82) is 0 Å². The first kappa shape index (κ1) is 20.6. The van der Waals surface area contributed by atoms with E-state index in [1.807, 2.05) is 11.0 Å². The number of amides is 2. The van der Waals surface area contributed by atoms with Crippen molar-refractivity contribution in [2.45, 2.75) is 25.5 Å². The normalized spacial score (nSPS) is 20.9. The molecule has 168 valence electrons. The Morgan fingerprint density at radius 1 is 1.25 bits per heavy atom. The van der Waals surface area contributed by atoms with Gasteiger partial charge in [0.25, 0.3) is 11.8 Å². The molecule has 2 N–H and O–H groups in total. The van der Waals surface area contributed by atoms with Crippen LogP contribution in [0.4, 0.5) is 15.8 Å². The summed E-state index contributed by atoms with van der Waals surface area (Å²) >= 11 is 0. The molecule has 2 fully saturated rings. The maximum atomic E-state index is 14.4. The van der Waals surface area contributed by atoms with Gasteiger partial charge in [0.15, 0.2) is 11.9 Å². The number of nitrogens with one attached hydrogen (secondary N) is 2. The maximum Gasteiger partial charge on any atom is 0.288 e. The van der Waals surface area contributed by atoms with Crippen LogP contribution in [0.25, 0.3) is 0 Å². The van der Waals surface area contributed by atoms with Gasteiger partial charge in [-0.05, 0) is 18.9 Å². The molecule has 2 aromatic rings. The first-order chi connectivity index (χ1) is 15.5. The van der Waals surface area contributed by atoms with E-state index in [1.54, 1.807) is 6.20 Å². The molecule has 32 heavy (non-hydrogen) atoms. The summed E-state index contributed by atoms with van der Waals surface area (Å²) in [5.74, 6) is -0.575. The smallest absolute Gasteiger partial charge is 0.288 e. The van der Waals surface area contributed by atoms with E-state index in [2.05, 4.69) is 30.5 Å². The van der Waals surface area contributed by atoms with Gasteiger partial charge in [0.1, 0.15) is 5.69 Å². The Hall–Kier alpha value is -3.34. The number of ether oxygens (including phenoxy) is 1. The van der Waals surface area contributed by atoms with Crippen molar-refractivity contribution in [3.8, 4) is 5.75 Å². The van der Waals surface area contributed by atoms with E-state index in [4.69, 9.17) is 4.74 Å². The second kappa shape index (κ2) is 8.30. The quantitative estimate of drug-likeness (QED) is 0.656. The molecule has 0 radical (unpaired) electrons. The maximum absolute atomic E-state index is 14.4. The van der Waals surface area contributed by atoms with Gasteiger partial charge in [-0.25, -0.2) is 4.98 Å². The number of hydrogen-bond donors (Lipinski definition) is 2. The number of piperazine rings is 1. The number of hydrogen-bond acceptors (Lipinski definition) is 8. The molecule has 4 heterocycles. The third-order valence-electron chi connectivity index (χ3n) is 6.00. The van der Waals surface area contributed by atoms with E-state index in [0.29, 0.717) is 50.1 Å². The Morgan fingerprint density at radius 3 is 2.72 bits per heavy atom. The van der Waals surface area contributed by atoms with Gasteiger partial charge >= 0.3 is 0 Å². The number of pyridine rings is 1. The molecular weight excluding hydrogens is 417 g/mol. The van der Waals surface area contributed by atoms with Crippen LogP contribution in [0.1, 0.15) is 29.2 Å². The Labute approximate surface area is 184 Å². The molecule has 5 rings (SSSR count). The molecule has 11 heteroatoms. The highest BCUT2D eigenvalue weighted by molar-refractivity contribution is 5.98.